The lowest BCUT2D eigenvalue weighted by atomic mass is 10.0. The molecule has 2 aromatic rings. The van der Waals surface area contributed by atoms with E-state index in [-0.39, 0.29) is 0 Å². The molecule has 2 N–H and O–H groups in total. The van der Waals surface area contributed by atoms with E-state index < -0.39 is 0 Å². The number of nitrogens with zero attached hydrogens (tertiary/aromatic N) is 2. The quantitative estimate of drug-likeness (QED) is 0.915. The molecule has 1 aromatic carbocycles. The summed E-state index contributed by atoms with van der Waals surface area (Å²) in [7, 11) is 2.09. The predicted octanol–water partition coefficient (Wildman–Crippen LogP) is 2.39. The van der Waals surface area contributed by atoms with Crippen LogP contribution < -0.4 is 5.73 Å². The third-order valence-electron chi connectivity index (χ3n) is 4.10. The summed E-state index contributed by atoms with van der Waals surface area (Å²) in [6.45, 7) is 2.73. The second-order valence-electron chi connectivity index (χ2n) is 5.40. The molecule has 3 nitrogen and oxygen atoms in total. The highest BCUT2D eigenvalue weighted by Gasteiger charge is 2.16. The fraction of sp³-hybridized carbons (Fsp3) is 0.438. The second-order valence-corrected chi connectivity index (χ2v) is 5.40. The molecule has 1 aliphatic rings. The minimum atomic E-state index is 0.647. The first-order valence-electron chi connectivity index (χ1n) is 7.05. The zero-order chi connectivity index (χ0) is 13.4. The summed E-state index contributed by atoms with van der Waals surface area (Å²) in [6.07, 6.45) is 4.58. The first-order valence-corrected chi connectivity index (χ1v) is 7.05. The van der Waals surface area contributed by atoms with Crippen molar-refractivity contribution in [3.8, 4) is 11.3 Å². The molecule has 0 aliphatic heterocycles. The molecule has 1 aromatic heterocycles. The van der Waals surface area contributed by atoms with E-state index in [1.165, 1.54) is 41.6 Å². The molecule has 0 unspecified atom stereocenters. The van der Waals surface area contributed by atoms with Gasteiger partial charge in [-0.25, -0.2) is 4.98 Å². The van der Waals surface area contributed by atoms with Crippen LogP contribution >= 0.6 is 0 Å². The predicted molar refractivity (Wildman–Crippen MR) is 78.2 cm³/mol. The maximum atomic E-state index is 5.65. The zero-order valence-corrected chi connectivity index (χ0v) is 11.7. The lowest BCUT2D eigenvalue weighted by Crippen LogP contribution is -2.08. The van der Waals surface area contributed by atoms with Crippen LogP contribution in [0.2, 0.25) is 0 Å². The smallest absolute Gasteiger partial charge is 0.110 e. The monoisotopic (exact) mass is 255 g/mol. The number of fused-ring (bicyclic) bond motifs is 1. The summed E-state index contributed by atoms with van der Waals surface area (Å²) in [5.74, 6) is 1.08. The van der Waals surface area contributed by atoms with Crippen LogP contribution in [0.5, 0.6) is 0 Å². The van der Waals surface area contributed by atoms with Gasteiger partial charge in [-0.05, 0) is 49.9 Å². The Hall–Kier alpha value is -1.61. The highest BCUT2D eigenvalue weighted by molar-refractivity contribution is 5.65. The van der Waals surface area contributed by atoms with Gasteiger partial charge in [-0.1, -0.05) is 12.1 Å². The van der Waals surface area contributed by atoms with Crippen LogP contribution in [-0.4, -0.2) is 16.1 Å². The third-order valence-corrected chi connectivity index (χ3v) is 4.10. The van der Waals surface area contributed by atoms with Crippen molar-refractivity contribution < 1.29 is 0 Å². The maximum absolute atomic E-state index is 5.65. The summed E-state index contributed by atoms with van der Waals surface area (Å²) in [5.41, 5.74) is 12.3. The van der Waals surface area contributed by atoms with Gasteiger partial charge in [0.25, 0.3) is 0 Å². The van der Waals surface area contributed by atoms with Gasteiger partial charge in [0.2, 0.25) is 0 Å². The van der Waals surface area contributed by atoms with E-state index >= 15 is 0 Å². The van der Waals surface area contributed by atoms with Crippen molar-refractivity contribution in [1.82, 2.24) is 9.55 Å². The number of rotatable bonds is 3. The van der Waals surface area contributed by atoms with E-state index in [0.717, 1.165) is 17.9 Å². The molecular weight excluding hydrogens is 234 g/mol. The Bertz CT molecular complexity index is 611. The minimum absolute atomic E-state index is 0.647. The minimum Gasteiger partial charge on any atom is -0.331 e. The normalized spacial score (nSPS) is 13.8. The Morgan fingerprint density at radius 3 is 2.84 bits per heavy atom. The summed E-state index contributed by atoms with van der Waals surface area (Å²) in [5, 5.41) is 0. The van der Waals surface area contributed by atoms with E-state index in [0.29, 0.717) is 6.54 Å². The van der Waals surface area contributed by atoms with Crippen molar-refractivity contribution in [3.63, 3.8) is 0 Å². The van der Waals surface area contributed by atoms with Crippen molar-refractivity contribution in [2.75, 3.05) is 6.54 Å². The van der Waals surface area contributed by atoms with Gasteiger partial charge in [0.15, 0.2) is 0 Å². The van der Waals surface area contributed by atoms with Gasteiger partial charge >= 0.3 is 0 Å². The van der Waals surface area contributed by atoms with Crippen molar-refractivity contribution in [1.29, 1.82) is 0 Å². The molecule has 100 valence electrons. The Balaban J connectivity index is 2.07. The van der Waals surface area contributed by atoms with Gasteiger partial charge in [0, 0.05) is 19.0 Å². The Morgan fingerprint density at radius 2 is 2.05 bits per heavy atom. The molecule has 1 aliphatic carbocycles. The highest BCUT2D eigenvalue weighted by atomic mass is 15.1. The van der Waals surface area contributed by atoms with E-state index in [2.05, 4.69) is 41.7 Å². The van der Waals surface area contributed by atoms with Crippen LogP contribution in [0.4, 0.5) is 0 Å². The number of hydrogen-bond donors (Lipinski definition) is 1. The number of nitrogens with two attached hydrogens (primary N) is 1. The molecule has 3 rings (SSSR count). The molecule has 0 atom stereocenters. The number of imidazole rings is 1. The van der Waals surface area contributed by atoms with Crippen LogP contribution in [0.1, 0.15) is 29.1 Å². The largest absolute Gasteiger partial charge is 0.331 e. The third kappa shape index (κ3) is 2.08. The Kier molecular flexibility index (Phi) is 3.15. The molecule has 1 heterocycles. The van der Waals surface area contributed by atoms with E-state index in [1.54, 1.807) is 0 Å². The lowest BCUT2D eigenvalue weighted by molar-refractivity contribution is 0.781. The van der Waals surface area contributed by atoms with Crippen molar-refractivity contribution >= 4 is 0 Å². The molecular formula is C16H21N3. The van der Waals surface area contributed by atoms with E-state index in [1.807, 2.05) is 0 Å². The summed E-state index contributed by atoms with van der Waals surface area (Å²) < 4.78 is 2.19. The fourth-order valence-electron chi connectivity index (χ4n) is 3.17. The molecule has 19 heavy (non-hydrogen) atoms. The second kappa shape index (κ2) is 4.82. The van der Waals surface area contributed by atoms with Gasteiger partial charge in [-0.15, -0.1) is 0 Å². The average Bonchev–Trinajstić information content (AvgIpc) is 2.95. The summed E-state index contributed by atoms with van der Waals surface area (Å²) >= 11 is 0. The van der Waals surface area contributed by atoms with Crippen molar-refractivity contribution in [3.05, 3.63) is 40.8 Å². The van der Waals surface area contributed by atoms with Gasteiger partial charge < -0.3 is 10.3 Å². The number of aryl methyl sites for hydroxylation is 3. The first kappa shape index (κ1) is 12.4. The highest BCUT2D eigenvalue weighted by Crippen LogP contribution is 2.30. The number of hydrogen-bond acceptors (Lipinski definition) is 2. The fourth-order valence-corrected chi connectivity index (χ4v) is 3.17. The molecule has 0 fully saturated rings. The van der Waals surface area contributed by atoms with Gasteiger partial charge in [0.1, 0.15) is 5.82 Å². The van der Waals surface area contributed by atoms with Crippen LogP contribution in [-0.2, 0) is 26.3 Å². The molecule has 0 radical (unpaired) electrons. The molecule has 3 heteroatoms. The molecule has 0 spiro atoms. The van der Waals surface area contributed by atoms with E-state index in [4.69, 9.17) is 5.73 Å². The van der Waals surface area contributed by atoms with Crippen molar-refractivity contribution in [2.24, 2.45) is 12.8 Å². The van der Waals surface area contributed by atoms with Gasteiger partial charge in [-0.3, -0.25) is 0 Å². The van der Waals surface area contributed by atoms with Crippen molar-refractivity contribution in [2.45, 2.75) is 32.6 Å². The Labute approximate surface area is 114 Å². The topological polar surface area (TPSA) is 43.8 Å². The molecule has 0 amide bonds. The average molecular weight is 255 g/mol. The van der Waals surface area contributed by atoms with Crippen LogP contribution in [0.25, 0.3) is 11.3 Å². The standard InChI is InChI=1S/C16H21N3/c1-11-16(19(2)15(18-11)8-9-17)14-7-6-12-4-3-5-13(12)10-14/h6-7,10H,3-5,8-9,17H2,1-2H3. The first-order chi connectivity index (χ1) is 9.20. The van der Waals surface area contributed by atoms with Crippen LogP contribution in [0.3, 0.4) is 0 Å². The van der Waals surface area contributed by atoms with Gasteiger partial charge in [0.05, 0.1) is 11.4 Å². The SMILES string of the molecule is Cc1nc(CCN)n(C)c1-c1ccc2c(c1)CCC2. The summed E-state index contributed by atoms with van der Waals surface area (Å²) in [4.78, 5) is 4.65. The molecule has 0 saturated heterocycles. The number of aromatic nitrogens is 2. The maximum Gasteiger partial charge on any atom is 0.110 e. The van der Waals surface area contributed by atoms with E-state index in [9.17, 15) is 0 Å². The lowest BCUT2D eigenvalue weighted by Gasteiger charge is -2.08. The van der Waals surface area contributed by atoms with Gasteiger partial charge in [-0.2, -0.15) is 0 Å². The van der Waals surface area contributed by atoms with Crippen LogP contribution in [0, 0.1) is 6.92 Å². The summed E-state index contributed by atoms with van der Waals surface area (Å²) in [6, 6.07) is 6.87. The number of benzene rings is 1. The van der Waals surface area contributed by atoms with Crippen LogP contribution in [0.15, 0.2) is 18.2 Å². The zero-order valence-electron chi connectivity index (χ0n) is 11.7. The molecule has 0 bridgehead atoms. The Morgan fingerprint density at radius 1 is 1.26 bits per heavy atom. The molecule has 0 saturated carbocycles.